The van der Waals surface area contributed by atoms with E-state index in [0.717, 1.165) is 4.90 Å². The van der Waals surface area contributed by atoms with Crippen LogP contribution in [-0.4, -0.2) is 41.8 Å². The van der Waals surface area contributed by atoms with Gasteiger partial charge in [-0.3, -0.25) is 9.69 Å². The predicted octanol–water partition coefficient (Wildman–Crippen LogP) is 0.959. The lowest BCUT2D eigenvalue weighted by Gasteiger charge is -2.20. The molecule has 0 unspecified atom stereocenters. The monoisotopic (exact) mass is 209 g/mol. The fraction of sp³-hybridized carbons (Fsp3) is 0.625. The van der Waals surface area contributed by atoms with Crippen molar-refractivity contribution < 1.29 is 23.1 Å². The summed E-state index contributed by atoms with van der Waals surface area (Å²) in [7, 11) is 0. The van der Waals surface area contributed by atoms with Gasteiger partial charge in [-0.15, -0.1) is 12.3 Å². The van der Waals surface area contributed by atoms with Crippen molar-refractivity contribution in [1.82, 2.24) is 4.90 Å². The smallest absolute Gasteiger partial charge is 0.401 e. The maximum absolute atomic E-state index is 11.9. The first kappa shape index (κ1) is 12.8. The summed E-state index contributed by atoms with van der Waals surface area (Å²) < 4.78 is 35.7. The molecule has 0 aliphatic rings. The number of hydrogen-bond acceptors (Lipinski definition) is 2. The van der Waals surface area contributed by atoms with Gasteiger partial charge < -0.3 is 5.11 Å². The van der Waals surface area contributed by atoms with Gasteiger partial charge in [0.2, 0.25) is 0 Å². The van der Waals surface area contributed by atoms with Gasteiger partial charge in [-0.2, -0.15) is 13.2 Å². The zero-order valence-corrected chi connectivity index (χ0v) is 7.34. The molecule has 0 aliphatic carbocycles. The van der Waals surface area contributed by atoms with Crippen LogP contribution in [0.25, 0.3) is 0 Å². The van der Waals surface area contributed by atoms with Crippen LogP contribution in [0.3, 0.4) is 0 Å². The quantitative estimate of drug-likeness (QED) is 0.685. The Morgan fingerprint density at radius 1 is 1.50 bits per heavy atom. The molecule has 0 rings (SSSR count). The normalized spacial score (nSPS) is 11.4. The van der Waals surface area contributed by atoms with Gasteiger partial charge in [-0.05, 0) is 0 Å². The number of carbonyl (C=O) groups is 1. The topological polar surface area (TPSA) is 40.5 Å². The summed E-state index contributed by atoms with van der Waals surface area (Å²) in [4.78, 5) is 11.0. The third kappa shape index (κ3) is 7.43. The molecule has 0 aromatic heterocycles. The van der Waals surface area contributed by atoms with Crippen LogP contribution in [0, 0.1) is 12.3 Å². The highest BCUT2D eigenvalue weighted by molar-refractivity contribution is 5.69. The van der Waals surface area contributed by atoms with Gasteiger partial charge in [0.25, 0.3) is 0 Å². The lowest BCUT2D eigenvalue weighted by Crippen LogP contribution is -2.38. The minimum Gasteiger partial charge on any atom is -0.480 e. The Kier molecular flexibility index (Phi) is 5.02. The van der Waals surface area contributed by atoms with Gasteiger partial charge in [0.1, 0.15) is 0 Å². The average molecular weight is 209 g/mol. The molecular formula is C8H10F3NO2. The van der Waals surface area contributed by atoms with Crippen molar-refractivity contribution in [3.8, 4) is 12.3 Å². The van der Waals surface area contributed by atoms with E-state index in [-0.39, 0.29) is 13.0 Å². The van der Waals surface area contributed by atoms with E-state index in [1.54, 1.807) is 0 Å². The van der Waals surface area contributed by atoms with E-state index in [2.05, 4.69) is 5.92 Å². The van der Waals surface area contributed by atoms with Crippen molar-refractivity contribution in [2.75, 3.05) is 19.6 Å². The number of alkyl halides is 3. The molecule has 0 amide bonds. The number of carboxylic acid groups (broad SMARTS) is 1. The van der Waals surface area contributed by atoms with E-state index < -0.39 is 25.2 Å². The fourth-order valence-corrected chi connectivity index (χ4v) is 0.882. The molecule has 0 aliphatic heterocycles. The lowest BCUT2D eigenvalue weighted by atomic mass is 10.3. The van der Waals surface area contributed by atoms with Crippen LogP contribution >= 0.6 is 0 Å². The Bertz CT molecular complexity index is 232. The molecule has 0 fully saturated rings. The predicted molar refractivity (Wildman–Crippen MR) is 43.6 cm³/mol. The van der Waals surface area contributed by atoms with Crippen LogP contribution in [0.15, 0.2) is 0 Å². The van der Waals surface area contributed by atoms with E-state index in [1.807, 2.05) is 0 Å². The minimum absolute atomic E-state index is 0.0672. The Morgan fingerprint density at radius 3 is 2.43 bits per heavy atom. The number of rotatable bonds is 5. The summed E-state index contributed by atoms with van der Waals surface area (Å²) in [5.41, 5.74) is 0. The molecular weight excluding hydrogens is 199 g/mol. The van der Waals surface area contributed by atoms with Gasteiger partial charge in [-0.25, -0.2) is 0 Å². The third-order valence-corrected chi connectivity index (χ3v) is 1.33. The van der Waals surface area contributed by atoms with Gasteiger partial charge >= 0.3 is 12.1 Å². The number of nitrogens with zero attached hydrogens (tertiary/aromatic N) is 1. The van der Waals surface area contributed by atoms with Crippen molar-refractivity contribution in [2.24, 2.45) is 0 Å². The molecule has 0 bridgehead atoms. The second-order valence-corrected chi connectivity index (χ2v) is 2.67. The Balaban J connectivity index is 4.11. The zero-order valence-electron chi connectivity index (χ0n) is 7.34. The first-order valence-electron chi connectivity index (χ1n) is 3.79. The number of terminal acetylenes is 1. The number of hydrogen-bond donors (Lipinski definition) is 1. The van der Waals surface area contributed by atoms with Gasteiger partial charge in [-0.1, -0.05) is 0 Å². The van der Waals surface area contributed by atoms with Crippen molar-refractivity contribution in [3.63, 3.8) is 0 Å². The van der Waals surface area contributed by atoms with E-state index >= 15 is 0 Å². The van der Waals surface area contributed by atoms with Crippen molar-refractivity contribution in [2.45, 2.75) is 12.6 Å². The van der Waals surface area contributed by atoms with Gasteiger partial charge in [0.15, 0.2) is 0 Å². The van der Waals surface area contributed by atoms with Crippen LogP contribution in [0.4, 0.5) is 13.2 Å². The first-order chi connectivity index (χ1) is 6.35. The molecule has 0 spiro atoms. The largest absolute Gasteiger partial charge is 0.480 e. The summed E-state index contributed by atoms with van der Waals surface area (Å²) in [5.74, 6) is 0.855. The van der Waals surface area contributed by atoms with Crippen LogP contribution in [0.2, 0.25) is 0 Å². The molecule has 3 nitrogen and oxygen atoms in total. The molecule has 0 aromatic rings. The Hall–Kier alpha value is -1.22. The molecule has 0 heterocycles. The molecule has 80 valence electrons. The van der Waals surface area contributed by atoms with Crippen molar-refractivity contribution >= 4 is 5.97 Å². The number of aliphatic carboxylic acids is 1. The second kappa shape index (κ2) is 5.50. The summed E-state index contributed by atoms with van der Waals surface area (Å²) in [6.07, 6.45) is 0.568. The van der Waals surface area contributed by atoms with Crippen LogP contribution in [0.1, 0.15) is 6.42 Å². The lowest BCUT2D eigenvalue weighted by molar-refractivity contribution is -0.153. The molecule has 14 heavy (non-hydrogen) atoms. The van der Waals surface area contributed by atoms with Gasteiger partial charge in [0, 0.05) is 13.0 Å². The number of carboxylic acids is 1. The molecule has 6 heteroatoms. The van der Waals surface area contributed by atoms with E-state index in [9.17, 15) is 18.0 Å². The molecule has 1 N–H and O–H groups in total. The van der Waals surface area contributed by atoms with E-state index in [1.165, 1.54) is 0 Å². The average Bonchev–Trinajstić information content (AvgIpc) is 1.96. The van der Waals surface area contributed by atoms with E-state index in [4.69, 9.17) is 11.5 Å². The molecule has 0 saturated heterocycles. The van der Waals surface area contributed by atoms with Crippen molar-refractivity contribution in [3.05, 3.63) is 0 Å². The first-order valence-corrected chi connectivity index (χ1v) is 3.79. The molecule has 0 radical (unpaired) electrons. The summed E-state index contributed by atoms with van der Waals surface area (Å²) in [6.45, 7) is -1.97. The number of halogens is 3. The zero-order chi connectivity index (χ0) is 11.2. The third-order valence-electron chi connectivity index (χ3n) is 1.33. The summed E-state index contributed by atoms with van der Waals surface area (Å²) >= 11 is 0. The SMILES string of the molecule is C#CCCN(CC(=O)O)CC(F)(F)F. The Morgan fingerprint density at radius 2 is 2.07 bits per heavy atom. The highest BCUT2D eigenvalue weighted by Crippen LogP contribution is 2.16. The van der Waals surface area contributed by atoms with Crippen molar-refractivity contribution in [1.29, 1.82) is 0 Å². The maximum atomic E-state index is 11.9. The fourth-order valence-electron chi connectivity index (χ4n) is 0.882. The van der Waals surface area contributed by atoms with Crippen LogP contribution in [-0.2, 0) is 4.79 Å². The summed E-state index contributed by atoms with van der Waals surface area (Å²) in [6, 6.07) is 0. The molecule has 0 aromatic carbocycles. The molecule has 0 saturated carbocycles. The van der Waals surface area contributed by atoms with Crippen LogP contribution < -0.4 is 0 Å². The van der Waals surface area contributed by atoms with Gasteiger partial charge in [0.05, 0.1) is 13.1 Å². The standard InChI is InChI=1S/C8H10F3NO2/c1-2-3-4-12(5-7(13)14)6-8(9,10)11/h1H,3-6H2,(H,13,14). The molecule has 0 atom stereocenters. The minimum atomic E-state index is -4.40. The van der Waals surface area contributed by atoms with E-state index in [0.29, 0.717) is 0 Å². The Labute approximate surface area is 79.5 Å². The summed E-state index contributed by atoms with van der Waals surface area (Å²) in [5, 5.41) is 8.32. The highest BCUT2D eigenvalue weighted by atomic mass is 19.4. The second-order valence-electron chi connectivity index (χ2n) is 2.67. The maximum Gasteiger partial charge on any atom is 0.401 e. The highest BCUT2D eigenvalue weighted by Gasteiger charge is 2.31. The van der Waals surface area contributed by atoms with Crippen LogP contribution in [0.5, 0.6) is 0 Å².